The molecule has 2 N–H and O–H groups in total. The van der Waals surface area contributed by atoms with Crippen LogP contribution >= 0.6 is 11.3 Å². The van der Waals surface area contributed by atoms with E-state index in [1.165, 1.54) is 18.3 Å². The standard InChI is InChI=1S/C21H22N2O4S2/c1-14(25)22-21-23-19(11-8-15-2-4-16(12-24)5-3-15)20(28-21)18-9-6-17(7-10-18)13-29(26)27/h2-7,9-10,24,29H,8,11-13H2,1H3,(H,22,23,25). The van der Waals surface area contributed by atoms with Gasteiger partial charge >= 0.3 is 0 Å². The predicted octanol–water partition coefficient (Wildman–Crippen LogP) is 3.16. The van der Waals surface area contributed by atoms with Gasteiger partial charge in [0, 0.05) is 6.92 Å². The zero-order chi connectivity index (χ0) is 20.8. The van der Waals surface area contributed by atoms with Crippen LogP contribution in [0.4, 0.5) is 5.13 Å². The summed E-state index contributed by atoms with van der Waals surface area (Å²) in [6.45, 7) is 1.47. The molecule has 8 heteroatoms. The van der Waals surface area contributed by atoms with Crippen LogP contribution in [-0.2, 0) is 40.7 Å². The summed E-state index contributed by atoms with van der Waals surface area (Å²) in [5, 5.41) is 12.5. The van der Waals surface area contributed by atoms with E-state index < -0.39 is 10.7 Å². The first kappa shape index (κ1) is 21.2. The summed E-state index contributed by atoms with van der Waals surface area (Å²) >= 11 is 1.41. The molecule has 0 radical (unpaired) electrons. The van der Waals surface area contributed by atoms with E-state index in [0.29, 0.717) is 11.6 Å². The van der Waals surface area contributed by atoms with Crippen LogP contribution in [-0.4, -0.2) is 24.4 Å². The van der Waals surface area contributed by atoms with Crippen molar-refractivity contribution in [2.24, 2.45) is 0 Å². The predicted molar refractivity (Wildman–Crippen MR) is 116 cm³/mol. The summed E-state index contributed by atoms with van der Waals surface area (Å²) in [4.78, 5) is 17.0. The number of thiazole rings is 1. The molecule has 0 bridgehead atoms. The first-order valence-electron chi connectivity index (χ1n) is 9.11. The minimum absolute atomic E-state index is 0.0200. The van der Waals surface area contributed by atoms with Crippen LogP contribution in [0.15, 0.2) is 48.5 Å². The second-order valence-electron chi connectivity index (χ2n) is 6.64. The molecular weight excluding hydrogens is 408 g/mol. The maximum atomic E-state index is 11.4. The van der Waals surface area contributed by atoms with Crippen molar-refractivity contribution in [3.05, 3.63) is 70.9 Å². The maximum absolute atomic E-state index is 11.4. The molecule has 1 heterocycles. The second kappa shape index (κ2) is 9.78. The molecule has 0 saturated carbocycles. The van der Waals surface area contributed by atoms with E-state index in [9.17, 15) is 13.2 Å². The van der Waals surface area contributed by atoms with Gasteiger partial charge < -0.3 is 10.4 Å². The first-order chi connectivity index (χ1) is 13.9. The number of carbonyl (C=O) groups is 1. The van der Waals surface area contributed by atoms with Crippen LogP contribution in [0.5, 0.6) is 0 Å². The minimum atomic E-state index is -2.46. The molecule has 0 unspecified atom stereocenters. The number of aryl methyl sites for hydroxylation is 2. The number of aromatic nitrogens is 1. The smallest absolute Gasteiger partial charge is 0.223 e. The molecule has 0 aliphatic carbocycles. The Morgan fingerprint density at radius 3 is 2.21 bits per heavy atom. The quantitative estimate of drug-likeness (QED) is 0.477. The molecule has 2 aromatic carbocycles. The molecule has 6 nitrogen and oxygen atoms in total. The Balaban J connectivity index is 1.84. The van der Waals surface area contributed by atoms with Crippen molar-refractivity contribution in [3.8, 4) is 10.4 Å². The molecule has 3 rings (SSSR count). The molecule has 0 aliphatic rings. The lowest BCUT2D eigenvalue weighted by Gasteiger charge is -2.05. The SMILES string of the molecule is CC(=O)Nc1nc(CCc2ccc(CO)cc2)c(-c2ccc(C[SH](=O)=O)cc2)s1. The Morgan fingerprint density at radius 2 is 1.62 bits per heavy atom. The summed E-state index contributed by atoms with van der Waals surface area (Å²) in [5.41, 5.74) is 4.57. The summed E-state index contributed by atoms with van der Waals surface area (Å²) in [5.74, 6) is -0.155. The molecule has 0 atom stereocenters. The van der Waals surface area contributed by atoms with Crippen molar-refractivity contribution in [1.82, 2.24) is 4.98 Å². The lowest BCUT2D eigenvalue weighted by molar-refractivity contribution is -0.114. The number of aliphatic hydroxyl groups is 1. The molecule has 152 valence electrons. The Hall–Kier alpha value is -2.55. The Labute approximate surface area is 175 Å². The molecule has 1 amide bonds. The van der Waals surface area contributed by atoms with Gasteiger partial charge in [0.2, 0.25) is 5.91 Å². The number of amides is 1. The monoisotopic (exact) mass is 430 g/mol. The van der Waals surface area contributed by atoms with Crippen molar-refractivity contribution < 1.29 is 18.3 Å². The molecule has 0 saturated heterocycles. The molecule has 0 fully saturated rings. The average molecular weight is 431 g/mol. The minimum Gasteiger partial charge on any atom is -0.392 e. The van der Waals surface area contributed by atoms with Crippen molar-refractivity contribution in [2.75, 3.05) is 5.32 Å². The van der Waals surface area contributed by atoms with Crippen LogP contribution in [0.25, 0.3) is 10.4 Å². The van der Waals surface area contributed by atoms with E-state index in [2.05, 4.69) is 10.3 Å². The van der Waals surface area contributed by atoms with E-state index >= 15 is 0 Å². The summed E-state index contributed by atoms with van der Waals surface area (Å²) in [6, 6.07) is 15.2. The van der Waals surface area contributed by atoms with Crippen molar-refractivity contribution in [2.45, 2.75) is 32.1 Å². The van der Waals surface area contributed by atoms with Gasteiger partial charge in [-0.25, -0.2) is 13.4 Å². The van der Waals surface area contributed by atoms with Crippen LogP contribution in [0.2, 0.25) is 0 Å². The Morgan fingerprint density at radius 1 is 1.00 bits per heavy atom. The van der Waals surface area contributed by atoms with Crippen LogP contribution in [0.1, 0.15) is 29.3 Å². The van der Waals surface area contributed by atoms with Gasteiger partial charge in [-0.1, -0.05) is 59.9 Å². The van der Waals surface area contributed by atoms with Gasteiger partial charge in [0.05, 0.1) is 22.9 Å². The number of rotatable bonds is 8. The molecule has 29 heavy (non-hydrogen) atoms. The maximum Gasteiger partial charge on any atom is 0.223 e. The third-order valence-electron chi connectivity index (χ3n) is 4.36. The summed E-state index contributed by atoms with van der Waals surface area (Å²) < 4.78 is 21.8. The number of thiol groups is 1. The van der Waals surface area contributed by atoms with E-state index in [1.54, 1.807) is 12.1 Å². The highest BCUT2D eigenvalue weighted by atomic mass is 32.2. The summed E-state index contributed by atoms with van der Waals surface area (Å²) in [6.07, 6.45) is 1.47. The van der Waals surface area contributed by atoms with Crippen LogP contribution < -0.4 is 5.32 Å². The largest absolute Gasteiger partial charge is 0.392 e. The van der Waals surface area contributed by atoms with Gasteiger partial charge in [0.1, 0.15) is 10.7 Å². The van der Waals surface area contributed by atoms with Gasteiger partial charge in [-0.2, -0.15) is 0 Å². The normalized spacial score (nSPS) is 11.0. The fraction of sp³-hybridized carbons (Fsp3) is 0.238. The van der Waals surface area contributed by atoms with Gasteiger partial charge in [0.25, 0.3) is 0 Å². The number of hydrogen-bond donors (Lipinski definition) is 3. The number of carbonyl (C=O) groups excluding carboxylic acids is 1. The average Bonchev–Trinajstić information content (AvgIpc) is 3.08. The van der Waals surface area contributed by atoms with E-state index in [4.69, 9.17) is 5.11 Å². The second-order valence-corrected chi connectivity index (χ2v) is 8.62. The third-order valence-corrected chi connectivity index (χ3v) is 6.05. The van der Waals surface area contributed by atoms with Gasteiger partial charge in [0.15, 0.2) is 5.13 Å². The number of nitrogens with zero attached hydrogens (tertiary/aromatic N) is 1. The van der Waals surface area contributed by atoms with E-state index in [1.807, 2.05) is 36.4 Å². The lowest BCUT2D eigenvalue weighted by atomic mass is 10.0. The number of anilines is 1. The Kier molecular flexibility index (Phi) is 7.13. The van der Waals surface area contributed by atoms with Gasteiger partial charge in [-0.15, -0.1) is 0 Å². The zero-order valence-electron chi connectivity index (χ0n) is 15.9. The van der Waals surface area contributed by atoms with Crippen LogP contribution in [0.3, 0.4) is 0 Å². The molecule has 1 aromatic heterocycles. The van der Waals surface area contributed by atoms with Gasteiger partial charge in [-0.3, -0.25) is 4.79 Å². The Bertz CT molecular complexity index is 1050. The van der Waals surface area contributed by atoms with Gasteiger partial charge in [-0.05, 0) is 35.1 Å². The highest BCUT2D eigenvalue weighted by Gasteiger charge is 2.14. The topological polar surface area (TPSA) is 96.4 Å². The van der Waals surface area contributed by atoms with Crippen LogP contribution in [0, 0.1) is 0 Å². The number of benzene rings is 2. The van der Waals surface area contributed by atoms with E-state index in [0.717, 1.165) is 39.2 Å². The number of hydrogen-bond acceptors (Lipinski definition) is 6. The fourth-order valence-electron chi connectivity index (χ4n) is 2.94. The number of nitrogens with one attached hydrogen (secondary N) is 1. The first-order valence-corrected chi connectivity index (χ1v) is 11.3. The molecule has 0 spiro atoms. The van der Waals surface area contributed by atoms with Crippen molar-refractivity contribution in [1.29, 1.82) is 0 Å². The zero-order valence-corrected chi connectivity index (χ0v) is 17.6. The molecule has 0 aliphatic heterocycles. The van der Waals surface area contributed by atoms with E-state index in [-0.39, 0.29) is 18.3 Å². The highest BCUT2D eigenvalue weighted by Crippen LogP contribution is 2.34. The van der Waals surface area contributed by atoms with Crippen molar-refractivity contribution in [3.63, 3.8) is 0 Å². The highest BCUT2D eigenvalue weighted by molar-refractivity contribution is 7.71. The fourth-order valence-corrected chi connectivity index (χ4v) is 4.51. The lowest BCUT2D eigenvalue weighted by Crippen LogP contribution is -2.05. The summed E-state index contributed by atoms with van der Waals surface area (Å²) in [7, 11) is -2.46. The number of aliphatic hydroxyl groups excluding tert-OH is 1. The molecular formula is C21H22N2O4S2. The third kappa shape index (κ3) is 5.96. The van der Waals surface area contributed by atoms with Crippen molar-refractivity contribution >= 4 is 33.1 Å². The molecule has 3 aromatic rings.